The molecule has 0 fully saturated rings. The summed E-state index contributed by atoms with van der Waals surface area (Å²) < 4.78 is 16.1. The normalized spacial score (nSPS) is 13.5. The van der Waals surface area contributed by atoms with Crippen molar-refractivity contribution in [3.05, 3.63) is 35.9 Å². The van der Waals surface area contributed by atoms with E-state index >= 15 is 0 Å². The quantitative estimate of drug-likeness (QED) is 0.344. The van der Waals surface area contributed by atoms with Gasteiger partial charge < -0.3 is 19.5 Å². The smallest absolute Gasteiger partial charge is 0.408 e. The maximum Gasteiger partial charge on any atom is 0.408 e. The number of Topliss-reactive ketones (excluding diaryl/α,β-unsaturated/α-hetero) is 1. The van der Waals surface area contributed by atoms with Gasteiger partial charge in [0.15, 0.2) is 5.78 Å². The molecule has 35 heavy (non-hydrogen) atoms. The number of rotatable bonds is 11. The van der Waals surface area contributed by atoms with Gasteiger partial charge in [0.05, 0.1) is 18.4 Å². The molecule has 2 atom stereocenters. The minimum atomic E-state index is -1.05. The number of hydrogen-bond donors (Lipinski definition) is 1. The van der Waals surface area contributed by atoms with Crippen LogP contribution in [0.5, 0.6) is 0 Å². The summed E-state index contributed by atoms with van der Waals surface area (Å²) in [6.45, 7) is 14.2. The summed E-state index contributed by atoms with van der Waals surface area (Å²) >= 11 is 0. The standard InChI is InChI=1S/C27H41NO7/c1-18(2)14-21(28-25(32)35-27(6,7)8)22(29)15-20(16-23(30)34-26(3,4)5)24(31)33-17-19-12-10-9-11-13-19/h9-13,18,20-21H,14-17H2,1-8H3,(H,28,32)/t20-,21-/m0/s1. The lowest BCUT2D eigenvalue weighted by Gasteiger charge is -2.25. The molecule has 196 valence electrons. The summed E-state index contributed by atoms with van der Waals surface area (Å²) in [5, 5.41) is 2.62. The number of ether oxygens (including phenoxy) is 3. The fourth-order valence-electron chi connectivity index (χ4n) is 3.25. The average Bonchev–Trinajstić information content (AvgIpc) is 2.68. The van der Waals surface area contributed by atoms with Gasteiger partial charge in [-0.1, -0.05) is 44.2 Å². The fraction of sp³-hybridized carbons (Fsp3) is 0.630. The van der Waals surface area contributed by atoms with Crippen LogP contribution in [0.15, 0.2) is 30.3 Å². The number of alkyl carbamates (subject to hydrolysis) is 1. The predicted molar refractivity (Wildman–Crippen MR) is 132 cm³/mol. The van der Waals surface area contributed by atoms with Crippen LogP contribution in [0.25, 0.3) is 0 Å². The van der Waals surface area contributed by atoms with Crippen molar-refractivity contribution in [3.8, 4) is 0 Å². The van der Waals surface area contributed by atoms with E-state index < -0.39 is 41.2 Å². The first-order valence-corrected chi connectivity index (χ1v) is 12.0. The van der Waals surface area contributed by atoms with Crippen LogP contribution in [0.3, 0.4) is 0 Å². The molecule has 1 N–H and O–H groups in total. The van der Waals surface area contributed by atoms with Crippen LogP contribution >= 0.6 is 0 Å². The van der Waals surface area contributed by atoms with Crippen molar-refractivity contribution in [1.82, 2.24) is 5.32 Å². The maximum absolute atomic E-state index is 13.2. The van der Waals surface area contributed by atoms with E-state index in [0.29, 0.717) is 6.42 Å². The molecule has 0 heterocycles. The number of carbonyl (C=O) groups excluding carboxylic acids is 4. The topological polar surface area (TPSA) is 108 Å². The van der Waals surface area contributed by atoms with Gasteiger partial charge in [0.1, 0.15) is 17.8 Å². The van der Waals surface area contributed by atoms with E-state index in [1.165, 1.54) is 0 Å². The molecular weight excluding hydrogens is 450 g/mol. The summed E-state index contributed by atoms with van der Waals surface area (Å²) in [5.74, 6) is -2.61. The number of nitrogens with one attached hydrogen (secondary N) is 1. The van der Waals surface area contributed by atoms with Crippen LogP contribution in [-0.2, 0) is 35.2 Å². The van der Waals surface area contributed by atoms with Crippen molar-refractivity contribution >= 4 is 23.8 Å². The number of carbonyl (C=O) groups is 4. The molecule has 0 aliphatic rings. The van der Waals surface area contributed by atoms with Gasteiger partial charge in [-0.05, 0) is 59.4 Å². The van der Waals surface area contributed by atoms with Crippen molar-refractivity contribution in [2.24, 2.45) is 11.8 Å². The number of esters is 2. The zero-order valence-electron chi connectivity index (χ0n) is 22.3. The van der Waals surface area contributed by atoms with Gasteiger partial charge in [0.25, 0.3) is 0 Å². The van der Waals surface area contributed by atoms with Gasteiger partial charge in [-0.2, -0.15) is 0 Å². The second-order valence-corrected chi connectivity index (χ2v) is 11.1. The molecule has 1 rings (SSSR count). The maximum atomic E-state index is 13.2. The minimum absolute atomic E-state index is 0.0181. The lowest BCUT2D eigenvalue weighted by molar-refractivity contribution is -0.162. The second-order valence-electron chi connectivity index (χ2n) is 11.1. The highest BCUT2D eigenvalue weighted by molar-refractivity contribution is 5.91. The lowest BCUT2D eigenvalue weighted by Crippen LogP contribution is -2.45. The van der Waals surface area contributed by atoms with Crippen molar-refractivity contribution < 1.29 is 33.4 Å². The van der Waals surface area contributed by atoms with Gasteiger partial charge in [-0.3, -0.25) is 14.4 Å². The highest BCUT2D eigenvalue weighted by Gasteiger charge is 2.33. The van der Waals surface area contributed by atoms with E-state index in [4.69, 9.17) is 14.2 Å². The Kier molecular flexibility index (Phi) is 11.4. The van der Waals surface area contributed by atoms with E-state index in [0.717, 1.165) is 5.56 Å². The molecule has 0 unspecified atom stereocenters. The Balaban J connectivity index is 3.00. The molecular formula is C27H41NO7. The molecule has 1 amide bonds. The van der Waals surface area contributed by atoms with Crippen LogP contribution < -0.4 is 5.32 Å². The Morgan fingerprint density at radius 2 is 1.43 bits per heavy atom. The number of ketones is 1. The minimum Gasteiger partial charge on any atom is -0.461 e. The predicted octanol–water partition coefficient (Wildman–Crippen LogP) is 4.98. The molecule has 1 aromatic rings. The molecule has 0 bridgehead atoms. The van der Waals surface area contributed by atoms with Gasteiger partial charge in [-0.15, -0.1) is 0 Å². The molecule has 0 saturated carbocycles. The Bertz CT molecular complexity index is 851. The summed E-state index contributed by atoms with van der Waals surface area (Å²) in [4.78, 5) is 50.9. The van der Waals surface area contributed by atoms with Crippen LogP contribution in [-0.4, -0.2) is 41.1 Å². The Labute approximate surface area is 209 Å². The Morgan fingerprint density at radius 3 is 1.94 bits per heavy atom. The Hall–Kier alpha value is -2.90. The summed E-state index contributed by atoms with van der Waals surface area (Å²) in [6.07, 6.45) is -0.944. The van der Waals surface area contributed by atoms with Crippen LogP contribution in [0, 0.1) is 11.8 Å². The van der Waals surface area contributed by atoms with Crippen molar-refractivity contribution in [1.29, 1.82) is 0 Å². The summed E-state index contributed by atoms with van der Waals surface area (Å²) in [5.41, 5.74) is -0.680. The third kappa shape index (κ3) is 13.5. The van der Waals surface area contributed by atoms with E-state index in [1.54, 1.807) is 41.5 Å². The van der Waals surface area contributed by atoms with E-state index in [9.17, 15) is 19.2 Å². The number of benzene rings is 1. The molecule has 0 spiro atoms. The van der Waals surface area contributed by atoms with Crippen molar-refractivity contribution in [2.45, 2.75) is 98.5 Å². The van der Waals surface area contributed by atoms with Gasteiger partial charge in [0, 0.05) is 6.42 Å². The zero-order valence-corrected chi connectivity index (χ0v) is 22.3. The number of amides is 1. The molecule has 0 aromatic heterocycles. The van der Waals surface area contributed by atoms with Crippen molar-refractivity contribution in [3.63, 3.8) is 0 Å². The van der Waals surface area contributed by atoms with E-state index in [1.807, 2.05) is 44.2 Å². The largest absolute Gasteiger partial charge is 0.461 e. The van der Waals surface area contributed by atoms with E-state index in [2.05, 4.69) is 5.32 Å². The molecule has 0 radical (unpaired) electrons. The Morgan fingerprint density at radius 1 is 0.857 bits per heavy atom. The van der Waals surface area contributed by atoms with Crippen LogP contribution in [0.4, 0.5) is 4.79 Å². The highest BCUT2D eigenvalue weighted by Crippen LogP contribution is 2.20. The number of hydrogen-bond acceptors (Lipinski definition) is 7. The van der Waals surface area contributed by atoms with Crippen molar-refractivity contribution in [2.75, 3.05) is 0 Å². The lowest BCUT2D eigenvalue weighted by atomic mass is 9.91. The first-order valence-electron chi connectivity index (χ1n) is 12.0. The molecule has 0 aliphatic carbocycles. The second kappa shape index (κ2) is 13.3. The zero-order chi connectivity index (χ0) is 26.8. The van der Waals surface area contributed by atoms with Crippen LogP contribution in [0.1, 0.15) is 80.2 Å². The van der Waals surface area contributed by atoms with Gasteiger partial charge >= 0.3 is 18.0 Å². The molecule has 1 aromatic carbocycles. The van der Waals surface area contributed by atoms with Gasteiger partial charge in [-0.25, -0.2) is 4.79 Å². The highest BCUT2D eigenvalue weighted by atomic mass is 16.6. The third-order valence-electron chi connectivity index (χ3n) is 4.62. The molecule has 8 nitrogen and oxygen atoms in total. The molecule has 8 heteroatoms. The van der Waals surface area contributed by atoms with E-state index in [-0.39, 0.29) is 31.1 Å². The van der Waals surface area contributed by atoms with Crippen LogP contribution in [0.2, 0.25) is 0 Å². The summed E-state index contributed by atoms with van der Waals surface area (Å²) in [7, 11) is 0. The average molecular weight is 492 g/mol. The molecule has 0 aliphatic heterocycles. The monoisotopic (exact) mass is 491 g/mol. The summed E-state index contributed by atoms with van der Waals surface area (Å²) in [6, 6.07) is 8.25. The van der Waals surface area contributed by atoms with Gasteiger partial charge in [0.2, 0.25) is 0 Å². The molecule has 0 saturated heterocycles. The first-order chi connectivity index (χ1) is 16.1. The third-order valence-corrected chi connectivity index (χ3v) is 4.62. The fourth-order valence-corrected chi connectivity index (χ4v) is 3.25. The SMILES string of the molecule is CC(C)C[C@H](NC(=O)OC(C)(C)C)C(=O)C[C@@H](CC(=O)OC(C)(C)C)C(=O)OCc1ccccc1. The first kappa shape index (κ1) is 30.1.